The lowest BCUT2D eigenvalue weighted by Gasteiger charge is -2.30. The van der Waals surface area contributed by atoms with Crippen LogP contribution in [0.3, 0.4) is 0 Å². The van der Waals surface area contributed by atoms with Crippen molar-refractivity contribution in [2.24, 2.45) is 0 Å². The molecule has 0 aromatic carbocycles. The number of carbonyl (C=O) groups is 1. The van der Waals surface area contributed by atoms with Crippen LogP contribution >= 0.6 is 0 Å². The smallest absolute Gasteiger partial charge is 0.237 e. The molecule has 4 nitrogen and oxygen atoms in total. The van der Waals surface area contributed by atoms with Gasteiger partial charge in [-0.1, -0.05) is 12.8 Å². The molecule has 0 bridgehead atoms. The number of hydrogen-bond acceptors (Lipinski definition) is 3. The first-order valence-corrected chi connectivity index (χ1v) is 6.25. The Bertz CT molecular complexity index is 231. The SMILES string of the molecule is CC(C)NC(=O)C(C)NC1CCCCC1O. The fraction of sp³-hybridized carbons (Fsp3) is 0.917. The molecule has 3 unspecified atom stereocenters. The van der Waals surface area contributed by atoms with Gasteiger partial charge in [0.1, 0.15) is 0 Å². The molecule has 0 radical (unpaired) electrons. The molecule has 3 N–H and O–H groups in total. The summed E-state index contributed by atoms with van der Waals surface area (Å²) in [6.45, 7) is 5.74. The Morgan fingerprint density at radius 3 is 2.44 bits per heavy atom. The highest BCUT2D eigenvalue weighted by Crippen LogP contribution is 2.18. The van der Waals surface area contributed by atoms with Gasteiger partial charge < -0.3 is 15.7 Å². The van der Waals surface area contributed by atoms with Gasteiger partial charge in [0.05, 0.1) is 12.1 Å². The lowest BCUT2D eigenvalue weighted by molar-refractivity contribution is -0.123. The van der Waals surface area contributed by atoms with E-state index in [0.29, 0.717) is 0 Å². The summed E-state index contributed by atoms with van der Waals surface area (Å²) in [6.07, 6.45) is 3.72. The van der Waals surface area contributed by atoms with Gasteiger partial charge in [-0.05, 0) is 33.6 Å². The average molecular weight is 228 g/mol. The van der Waals surface area contributed by atoms with Crippen molar-refractivity contribution in [3.63, 3.8) is 0 Å². The van der Waals surface area contributed by atoms with Gasteiger partial charge in [-0.3, -0.25) is 4.79 Å². The van der Waals surface area contributed by atoms with Crippen molar-refractivity contribution in [1.29, 1.82) is 0 Å². The van der Waals surface area contributed by atoms with Crippen molar-refractivity contribution in [3.8, 4) is 0 Å². The molecule has 16 heavy (non-hydrogen) atoms. The van der Waals surface area contributed by atoms with Crippen LogP contribution in [0.5, 0.6) is 0 Å². The first-order valence-electron chi connectivity index (χ1n) is 6.25. The third kappa shape index (κ3) is 4.10. The molecule has 0 aromatic heterocycles. The molecule has 0 heterocycles. The van der Waals surface area contributed by atoms with E-state index in [1.54, 1.807) is 0 Å². The Kier molecular flexibility index (Phi) is 5.22. The topological polar surface area (TPSA) is 61.4 Å². The summed E-state index contributed by atoms with van der Waals surface area (Å²) in [5.41, 5.74) is 0. The van der Waals surface area contributed by atoms with Gasteiger partial charge in [0.15, 0.2) is 0 Å². The summed E-state index contributed by atoms with van der Waals surface area (Å²) < 4.78 is 0. The maximum absolute atomic E-state index is 11.7. The van der Waals surface area contributed by atoms with Crippen molar-refractivity contribution in [2.45, 2.75) is 70.7 Å². The van der Waals surface area contributed by atoms with Crippen molar-refractivity contribution >= 4 is 5.91 Å². The van der Waals surface area contributed by atoms with E-state index in [0.717, 1.165) is 25.7 Å². The fourth-order valence-electron chi connectivity index (χ4n) is 2.11. The Balaban J connectivity index is 2.37. The number of carbonyl (C=O) groups excluding carboxylic acids is 1. The van der Waals surface area contributed by atoms with Crippen molar-refractivity contribution < 1.29 is 9.90 Å². The van der Waals surface area contributed by atoms with E-state index < -0.39 is 0 Å². The monoisotopic (exact) mass is 228 g/mol. The van der Waals surface area contributed by atoms with E-state index >= 15 is 0 Å². The minimum Gasteiger partial charge on any atom is -0.392 e. The summed E-state index contributed by atoms with van der Waals surface area (Å²) >= 11 is 0. The van der Waals surface area contributed by atoms with E-state index in [1.165, 1.54) is 0 Å². The molecule has 1 aliphatic carbocycles. The molecule has 1 aliphatic rings. The lowest BCUT2D eigenvalue weighted by atomic mass is 9.92. The number of rotatable bonds is 4. The molecular formula is C12H24N2O2. The number of nitrogens with one attached hydrogen (secondary N) is 2. The highest BCUT2D eigenvalue weighted by molar-refractivity contribution is 5.81. The molecule has 1 amide bonds. The van der Waals surface area contributed by atoms with Gasteiger partial charge in [0, 0.05) is 12.1 Å². The van der Waals surface area contributed by atoms with Gasteiger partial charge in [-0.2, -0.15) is 0 Å². The molecule has 1 fully saturated rings. The minimum absolute atomic E-state index is 0.00720. The maximum Gasteiger partial charge on any atom is 0.237 e. The molecule has 0 aliphatic heterocycles. The quantitative estimate of drug-likeness (QED) is 0.667. The van der Waals surface area contributed by atoms with Gasteiger partial charge in [0.2, 0.25) is 5.91 Å². The van der Waals surface area contributed by atoms with E-state index in [-0.39, 0.29) is 30.1 Å². The summed E-state index contributed by atoms with van der Waals surface area (Å²) in [7, 11) is 0. The zero-order chi connectivity index (χ0) is 12.1. The van der Waals surface area contributed by atoms with Crippen LogP contribution in [0.2, 0.25) is 0 Å². The van der Waals surface area contributed by atoms with E-state index in [2.05, 4.69) is 10.6 Å². The van der Waals surface area contributed by atoms with Crippen LogP contribution in [0.15, 0.2) is 0 Å². The maximum atomic E-state index is 11.7. The van der Waals surface area contributed by atoms with Crippen molar-refractivity contribution in [2.75, 3.05) is 0 Å². The largest absolute Gasteiger partial charge is 0.392 e. The normalized spacial score (nSPS) is 27.8. The van der Waals surface area contributed by atoms with Crippen LogP contribution in [0, 0.1) is 0 Å². The van der Waals surface area contributed by atoms with Gasteiger partial charge >= 0.3 is 0 Å². The molecular weight excluding hydrogens is 204 g/mol. The predicted octanol–water partition coefficient (Wildman–Crippen LogP) is 0.793. The Hall–Kier alpha value is -0.610. The number of aliphatic hydroxyl groups excluding tert-OH is 1. The van der Waals surface area contributed by atoms with Crippen molar-refractivity contribution in [1.82, 2.24) is 10.6 Å². The van der Waals surface area contributed by atoms with E-state index in [9.17, 15) is 9.90 Å². The van der Waals surface area contributed by atoms with E-state index in [4.69, 9.17) is 0 Å². The van der Waals surface area contributed by atoms with Crippen LogP contribution in [0.1, 0.15) is 46.5 Å². The first-order chi connectivity index (χ1) is 7.50. The molecule has 0 saturated heterocycles. The molecule has 1 rings (SSSR count). The predicted molar refractivity (Wildman–Crippen MR) is 64.1 cm³/mol. The first kappa shape index (κ1) is 13.5. The summed E-state index contributed by atoms with van der Waals surface area (Å²) in [6, 6.07) is -0.00478. The Morgan fingerprint density at radius 1 is 1.25 bits per heavy atom. The Labute approximate surface area is 97.8 Å². The second-order valence-electron chi connectivity index (χ2n) is 5.01. The van der Waals surface area contributed by atoms with Crippen LogP contribution in [-0.2, 0) is 4.79 Å². The highest BCUT2D eigenvalue weighted by atomic mass is 16.3. The third-order valence-electron chi connectivity index (χ3n) is 3.02. The zero-order valence-corrected chi connectivity index (χ0v) is 10.5. The van der Waals surface area contributed by atoms with E-state index in [1.807, 2.05) is 20.8 Å². The van der Waals surface area contributed by atoms with Gasteiger partial charge in [0.25, 0.3) is 0 Å². The second kappa shape index (κ2) is 6.21. The third-order valence-corrected chi connectivity index (χ3v) is 3.02. The molecule has 4 heteroatoms. The molecule has 3 atom stereocenters. The number of hydrogen-bond donors (Lipinski definition) is 3. The van der Waals surface area contributed by atoms with Crippen LogP contribution in [0.4, 0.5) is 0 Å². The van der Waals surface area contributed by atoms with Crippen molar-refractivity contribution in [3.05, 3.63) is 0 Å². The minimum atomic E-state index is -0.303. The fourth-order valence-corrected chi connectivity index (χ4v) is 2.11. The van der Waals surface area contributed by atoms with Crippen LogP contribution < -0.4 is 10.6 Å². The molecule has 94 valence electrons. The second-order valence-corrected chi connectivity index (χ2v) is 5.01. The highest BCUT2D eigenvalue weighted by Gasteiger charge is 2.26. The number of aliphatic hydroxyl groups is 1. The lowest BCUT2D eigenvalue weighted by Crippen LogP contribution is -2.52. The summed E-state index contributed by atoms with van der Waals surface area (Å²) in [4.78, 5) is 11.7. The zero-order valence-electron chi connectivity index (χ0n) is 10.5. The van der Waals surface area contributed by atoms with Gasteiger partial charge in [-0.15, -0.1) is 0 Å². The summed E-state index contributed by atoms with van der Waals surface area (Å²) in [5.74, 6) is 0.00720. The summed E-state index contributed by atoms with van der Waals surface area (Å²) in [5, 5.41) is 15.9. The standard InChI is InChI=1S/C12H24N2O2/c1-8(2)13-12(16)9(3)14-10-6-4-5-7-11(10)15/h8-11,14-15H,4-7H2,1-3H3,(H,13,16). The Morgan fingerprint density at radius 2 is 1.88 bits per heavy atom. The number of amides is 1. The molecule has 0 spiro atoms. The average Bonchev–Trinajstić information content (AvgIpc) is 2.20. The van der Waals surface area contributed by atoms with Gasteiger partial charge in [-0.25, -0.2) is 0 Å². The van der Waals surface area contributed by atoms with Crippen LogP contribution in [0.25, 0.3) is 0 Å². The van der Waals surface area contributed by atoms with Crippen LogP contribution in [-0.4, -0.2) is 35.2 Å². The molecule has 1 saturated carbocycles. The molecule has 0 aromatic rings.